The first-order valence-electron chi connectivity index (χ1n) is 10.0. The zero-order chi connectivity index (χ0) is 22.3. The van der Waals surface area contributed by atoms with Crippen LogP contribution in [0.25, 0.3) is 0 Å². The number of hydrogen-bond donors (Lipinski definition) is 2. The molecule has 0 aliphatic carbocycles. The Bertz CT molecular complexity index is 892. The van der Waals surface area contributed by atoms with Crippen LogP contribution in [0.1, 0.15) is 58.1 Å². The van der Waals surface area contributed by atoms with Gasteiger partial charge in [0.2, 0.25) is 0 Å². The predicted molar refractivity (Wildman–Crippen MR) is 118 cm³/mol. The molecule has 0 saturated carbocycles. The second-order valence-electron chi connectivity index (χ2n) is 7.46. The minimum atomic E-state index is -0.805. The van der Waals surface area contributed by atoms with Gasteiger partial charge in [0.05, 0.1) is 0 Å². The molecule has 1 unspecified atom stereocenters. The van der Waals surface area contributed by atoms with Gasteiger partial charge in [-0.1, -0.05) is 12.1 Å². The summed E-state index contributed by atoms with van der Waals surface area (Å²) in [7, 11) is 1.00. The molecule has 3 atom stereocenters. The summed E-state index contributed by atoms with van der Waals surface area (Å²) in [6, 6.07) is 9.01. The number of rotatable bonds is 2. The molecule has 32 heavy (non-hydrogen) atoms. The Hall–Kier alpha value is -1.19. The van der Waals surface area contributed by atoms with Crippen molar-refractivity contribution in [3.63, 3.8) is 0 Å². The van der Waals surface area contributed by atoms with E-state index in [1.165, 1.54) is 18.2 Å². The van der Waals surface area contributed by atoms with Gasteiger partial charge in [0.25, 0.3) is 0 Å². The Labute approximate surface area is 213 Å². The van der Waals surface area contributed by atoms with E-state index in [1.54, 1.807) is 12.1 Å². The van der Waals surface area contributed by atoms with Crippen LogP contribution in [-0.4, -0.2) is 38.4 Å². The molecule has 169 valence electrons. The quantitative estimate of drug-likeness (QED) is 0.534. The van der Waals surface area contributed by atoms with Gasteiger partial charge in [-0.2, -0.15) is 0 Å². The van der Waals surface area contributed by atoms with Crippen LogP contribution in [0, 0.1) is 23.3 Å². The van der Waals surface area contributed by atoms with E-state index in [0.29, 0.717) is 17.6 Å². The smallest absolute Gasteiger partial charge is 1.00 e. The molecule has 2 heterocycles. The van der Waals surface area contributed by atoms with E-state index >= 15 is 0 Å². The molecular weight excluding hydrogens is 430 g/mol. The number of aliphatic imine (C=N–C) groups is 1. The molecule has 0 spiro atoms. The maximum Gasteiger partial charge on any atom is 1.00 e. The molecule has 9 heteroatoms. The first-order chi connectivity index (χ1) is 14.3. The molecule has 0 amide bonds. The van der Waals surface area contributed by atoms with Gasteiger partial charge in [0, 0.05) is 39.4 Å². The number of halogens is 4. The van der Waals surface area contributed by atoms with Crippen molar-refractivity contribution in [2.75, 3.05) is 7.11 Å². The van der Waals surface area contributed by atoms with E-state index in [0.717, 1.165) is 50.1 Å². The van der Waals surface area contributed by atoms with Gasteiger partial charge in [0.15, 0.2) is 23.3 Å². The molecule has 2 aromatic rings. The Morgan fingerprint density at radius 1 is 0.875 bits per heavy atom. The summed E-state index contributed by atoms with van der Waals surface area (Å²) in [5, 5.41) is 10.3. The normalized spacial score (nSPS) is 21.1. The minimum absolute atomic E-state index is 0. The summed E-state index contributed by atoms with van der Waals surface area (Å²) < 4.78 is 51.1. The maximum atomic E-state index is 12.9. The van der Waals surface area contributed by atoms with Crippen molar-refractivity contribution in [1.29, 1.82) is 0 Å². The molecule has 2 N–H and O–H groups in total. The van der Waals surface area contributed by atoms with Crippen molar-refractivity contribution in [2.45, 2.75) is 57.7 Å². The molecule has 3 radical (unpaired) electrons. The Balaban J connectivity index is 0. The van der Waals surface area contributed by atoms with E-state index in [2.05, 4.69) is 17.2 Å². The van der Waals surface area contributed by atoms with Crippen molar-refractivity contribution in [2.24, 2.45) is 4.99 Å². The van der Waals surface area contributed by atoms with Crippen LogP contribution in [0.4, 0.5) is 17.6 Å². The van der Waals surface area contributed by atoms with Gasteiger partial charge in [-0.25, -0.2) is 17.6 Å². The van der Waals surface area contributed by atoms with Crippen LogP contribution in [0.3, 0.4) is 0 Å². The Kier molecular flexibility index (Phi) is 14.3. The van der Waals surface area contributed by atoms with E-state index < -0.39 is 23.3 Å². The first kappa shape index (κ1) is 30.8. The molecule has 2 aliphatic rings. The maximum absolute atomic E-state index is 12.9. The Morgan fingerprint density at radius 2 is 1.47 bits per heavy atom. The van der Waals surface area contributed by atoms with Crippen molar-refractivity contribution in [1.82, 2.24) is 5.32 Å². The minimum Gasteiger partial charge on any atom is -1.00 e. The third-order valence-electron chi connectivity index (χ3n) is 5.15. The average Bonchev–Trinajstić information content (AvgIpc) is 3.37. The molecule has 2 aliphatic heterocycles. The predicted octanol–water partition coefficient (Wildman–Crippen LogP) is 2.06. The molecule has 0 aromatic heterocycles. The summed E-state index contributed by atoms with van der Waals surface area (Å²) in [6.45, 7) is 4.12. The average molecular weight is 459 g/mol. The third-order valence-corrected chi connectivity index (χ3v) is 5.15. The molecule has 4 rings (SSSR count). The summed E-state index contributed by atoms with van der Waals surface area (Å²) in [5.74, 6) is -3.14. The fourth-order valence-corrected chi connectivity index (χ4v) is 3.55. The van der Waals surface area contributed by atoms with Gasteiger partial charge in [-0.3, -0.25) is 4.99 Å². The van der Waals surface area contributed by atoms with Crippen molar-refractivity contribution in [3.8, 4) is 0 Å². The third kappa shape index (κ3) is 8.63. The van der Waals surface area contributed by atoms with Gasteiger partial charge < -0.3 is 11.8 Å². The number of aliphatic hydroxyl groups excluding tert-OH is 1. The molecule has 0 bridgehead atoms. The zero-order valence-electron chi connectivity index (χ0n) is 20.0. The number of aliphatic hydroxyl groups is 1. The van der Waals surface area contributed by atoms with Gasteiger partial charge in [0.1, 0.15) is 0 Å². The van der Waals surface area contributed by atoms with Crippen molar-refractivity contribution >= 4 is 14.1 Å². The van der Waals surface area contributed by atoms with Crippen LogP contribution < -0.4 is 34.9 Å². The van der Waals surface area contributed by atoms with E-state index in [9.17, 15) is 17.6 Å². The molecule has 2 aromatic carbocycles. The molecule has 1 fully saturated rings. The van der Waals surface area contributed by atoms with Crippen LogP contribution in [0.5, 0.6) is 0 Å². The number of benzene rings is 2. The monoisotopic (exact) mass is 459 g/mol. The summed E-state index contributed by atoms with van der Waals surface area (Å²) in [5.41, 5.74) is 2.43. The topological polar surface area (TPSA) is 44.6 Å². The van der Waals surface area contributed by atoms with E-state index in [4.69, 9.17) is 5.11 Å². The van der Waals surface area contributed by atoms with Gasteiger partial charge >= 0.3 is 29.6 Å². The summed E-state index contributed by atoms with van der Waals surface area (Å²) in [4.78, 5) is 4.36. The second kappa shape index (κ2) is 14.9. The van der Waals surface area contributed by atoms with Crippen LogP contribution in [0.2, 0.25) is 0 Å². The van der Waals surface area contributed by atoms with Crippen LogP contribution in [0.15, 0.2) is 41.4 Å². The van der Waals surface area contributed by atoms with Gasteiger partial charge in [-0.05, 0) is 74.9 Å². The summed E-state index contributed by atoms with van der Waals surface area (Å²) in [6.07, 6.45) is 3.93. The Morgan fingerprint density at radius 3 is 1.94 bits per heavy atom. The standard InChI is InChI=1S/C11H13F2N.C11H11F2N.CH4O.B.Na.H/c2*1-7-2-5-11(14-7)8-3-4-9(12)10(13)6-8;1-2;;;/h3-4,6-7,11,14H,2,5H2,1H3;3-4,6-7H,2,5H2,1H3;2H,1H3;;;/q;;;;+1;-1/t7-,11?;7-;;;;/m00..../s1. The van der Waals surface area contributed by atoms with Crippen molar-refractivity contribution in [3.05, 3.63) is 70.8 Å². The zero-order valence-corrected chi connectivity index (χ0v) is 21.0. The molecular formula is C23H29BF4N2NaO. The van der Waals surface area contributed by atoms with E-state index in [-0.39, 0.29) is 45.4 Å². The van der Waals surface area contributed by atoms with Gasteiger partial charge in [-0.15, -0.1) is 0 Å². The fourth-order valence-electron chi connectivity index (χ4n) is 3.55. The summed E-state index contributed by atoms with van der Waals surface area (Å²) >= 11 is 0. The van der Waals surface area contributed by atoms with Crippen LogP contribution >= 0.6 is 0 Å². The second-order valence-corrected chi connectivity index (χ2v) is 7.46. The number of nitrogens with one attached hydrogen (secondary N) is 1. The van der Waals surface area contributed by atoms with E-state index in [1.807, 2.05) is 6.92 Å². The molecule has 3 nitrogen and oxygen atoms in total. The largest absolute Gasteiger partial charge is 1.00 e. The number of hydrogen-bond acceptors (Lipinski definition) is 3. The fraction of sp³-hybridized carbons (Fsp3) is 0.435. The van der Waals surface area contributed by atoms with Crippen molar-refractivity contribution < 1.29 is 53.7 Å². The number of nitrogens with zero attached hydrogens (tertiary/aromatic N) is 1. The van der Waals surface area contributed by atoms with Crippen LogP contribution in [-0.2, 0) is 0 Å². The SMILES string of the molecule is CO.C[C@H]1CCC(c2ccc(F)c(F)c2)=N1.C[C@H]1CCC(c2ccc(F)c(F)c2)N1.[B].[H-].[Na+]. The first-order valence-corrected chi connectivity index (χ1v) is 10.0. The molecule has 1 saturated heterocycles.